The van der Waals surface area contributed by atoms with Gasteiger partial charge in [-0.05, 0) is 26.0 Å². The predicted molar refractivity (Wildman–Crippen MR) is 65.9 cm³/mol. The highest BCUT2D eigenvalue weighted by atomic mass is 35.5. The first-order valence-corrected chi connectivity index (χ1v) is 6.02. The summed E-state index contributed by atoms with van der Waals surface area (Å²) in [6, 6.07) is 2.73. The lowest BCUT2D eigenvalue weighted by atomic mass is 10.0. The van der Waals surface area contributed by atoms with E-state index in [9.17, 15) is 8.78 Å². The third-order valence-electron chi connectivity index (χ3n) is 2.57. The Bertz CT molecular complexity index is 479. The molecule has 0 aromatic heterocycles. The second-order valence-corrected chi connectivity index (χ2v) is 5.74. The third kappa shape index (κ3) is 2.32. The maximum Gasteiger partial charge on any atom is 0.131 e. The maximum absolute atomic E-state index is 13.8. The Labute approximate surface area is 114 Å². The topological polar surface area (TPSA) is 12.5 Å². The van der Waals surface area contributed by atoms with Crippen molar-refractivity contribution in [2.75, 3.05) is 0 Å². The zero-order valence-electron chi connectivity index (χ0n) is 9.75. The molecule has 1 aliphatic rings. The molecule has 18 heavy (non-hydrogen) atoms. The first-order valence-electron chi connectivity index (χ1n) is 5.27. The van der Waals surface area contributed by atoms with E-state index in [1.54, 1.807) is 13.8 Å². The molecular weight excluding hydrogens is 283 g/mol. The molecule has 0 bridgehead atoms. The van der Waals surface area contributed by atoms with Crippen LogP contribution in [0.5, 0.6) is 0 Å². The van der Waals surface area contributed by atoms with Crippen LogP contribution in [0.25, 0.3) is 0 Å². The summed E-state index contributed by atoms with van der Waals surface area (Å²) in [5.41, 5.74) is -0.176. The average molecular weight is 294 g/mol. The van der Waals surface area contributed by atoms with Crippen LogP contribution < -0.4 is 0 Å². The van der Waals surface area contributed by atoms with Crippen LogP contribution in [0.4, 0.5) is 8.78 Å². The minimum absolute atomic E-state index is 0.174. The molecule has 0 fully saturated rings. The summed E-state index contributed by atoms with van der Waals surface area (Å²) in [4.78, 5) is 4.22. The van der Waals surface area contributed by atoms with Gasteiger partial charge in [-0.1, -0.05) is 29.3 Å². The largest absolute Gasteiger partial charge is 0.410 e. The number of hydroxylamine groups is 2. The number of hydrogen-bond donors (Lipinski definition) is 0. The van der Waals surface area contributed by atoms with Gasteiger partial charge in [0.05, 0.1) is 5.03 Å². The molecule has 1 aromatic rings. The van der Waals surface area contributed by atoms with Crippen molar-refractivity contribution in [3.63, 3.8) is 0 Å². The summed E-state index contributed by atoms with van der Waals surface area (Å²) in [6.45, 7) is 3.28. The molecule has 6 heteroatoms. The molecule has 0 aliphatic carbocycles. The average Bonchev–Trinajstić information content (AvgIpc) is 2.60. The Morgan fingerprint density at radius 3 is 2.33 bits per heavy atom. The van der Waals surface area contributed by atoms with Crippen molar-refractivity contribution in [3.8, 4) is 0 Å². The summed E-state index contributed by atoms with van der Waals surface area (Å²) >= 11 is 12.1. The SMILES string of the molecule is CC(C)(Cl)N1OC=C(Cl)C1c1c(F)cccc1F. The number of benzene rings is 1. The van der Waals surface area contributed by atoms with Crippen molar-refractivity contribution in [1.82, 2.24) is 5.06 Å². The van der Waals surface area contributed by atoms with Crippen LogP contribution in [-0.4, -0.2) is 10.1 Å². The number of halogens is 4. The highest BCUT2D eigenvalue weighted by Crippen LogP contribution is 2.43. The van der Waals surface area contributed by atoms with Crippen molar-refractivity contribution in [3.05, 3.63) is 46.7 Å². The van der Waals surface area contributed by atoms with E-state index in [0.29, 0.717) is 0 Å². The smallest absolute Gasteiger partial charge is 0.131 e. The van der Waals surface area contributed by atoms with Gasteiger partial charge in [0.25, 0.3) is 0 Å². The zero-order chi connectivity index (χ0) is 13.5. The van der Waals surface area contributed by atoms with Crippen LogP contribution in [0, 0.1) is 11.6 Å². The number of nitrogens with zero attached hydrogens (tertiary/aromatic N) is 1. The Hall–Kier alpha value is -0.840. The van der Waals surface area contributed by atoms with Gasteiger partial charge >= 0.3 is 0 Å². The molecule has 1 atom stereocenters. The quantitative estimate of drug-likeness (QED) is 0.595. The Morgan fingerprint density at radius 2 is 1.83 bits per heavy atom. The molecule has 0 spiro atoms. The Balaban J connectivity index is 2.50. The first kappa shape index (κ1) is 13.6. The lowest BCUT2D eigenvalue weighted by Crippen LogP contribution is -2.39. The lowest BCUT2D eigenvalue weighted by Gasteiger charge is -2.33. The summed E-state index contributed by atoms with van der Waals surface area (Å²) < 4.78 is 27.6. The maximum atomic E-state index is 13.8. The predicted octanol–water partition coefficient (Wildman–Crippen LogP) is 4.31. The van der Waals surface area contributed by atoms with Crippen LogP contribution in [0.1, 0.15) is 25.5 Å². The number of hydrogen-bond acceptors (Lipinski definition) is 2. The highest BCUT2D eigenvalue weighted by molar-refractivity contribution is 6.30. The van der Waals surface area contributed by atoms with Crippen molar-refractivity contribution in [2.24, 2.45) is 0 Å². The summed E-state index contributed by atoms with van der Waals surface area (Å²) in [5, 5.41) is 1.42. The van der Waals surface area contributed by atoms with E-state index in [0.717, 1.165) is 0 Å². The van der Waals surface area contributed by atoms with E-state index in [-0.39, 0.29) is 10.6 Å². The van der Waals surface area contributed by atoms with Crippen molar-refractivity contribution in [1.29, 1.82) is 0 Å². The fraction of sp³-hybridized carbons (Fsp3) is 0.333. The normalized spacial score (nSPS) is 20.8. The van der Waals surface area contributed by atoms with E-state index >= 15 is 0 Å². The molecule has 2 nitrogen and oxygen atoms in total. The number of alkyl halides is 1. The molecule has 98 valence electrons. The zero-order valence-corrected chi connectivity index (χ0v) is 11.3. The van der Waals surface area contributed by atoms with Crippen molar-refractivity contribution < 1.29 is 13.6 Å². The first-order chi connectivity index (χ1) is 8.32. The van der Waals surface area contributed by atoms with E-state index in [1.807, 2.05) is 0 Å². The lowest BCUT2D eigenvalue weighted by molar-refractivity contribution is -0.146. The molecule has 0 saturated carbocycles. The standard InChI is InChI=1S/C12H11Cl2F2NO/c1-12(2,14)17-11(7(13)6-18-17)10-8(15)4-3-5-9(10)16/h3-6,11H,1-2H3. The molecule has 1 aliphatic heterocycles. The third-order valence-corrected chi connectivity index (χ3v) is 3.03. The van der Waals surface area contributed by atoms with E-state index in [1.165, 1.54) is 29.5 Å². The van der Waals surface area contributed by atoms with Gasteiger partial charge in [-0.2, -0.15) is 0 Å². The minimum Gasteiger partial charge on any atom is -0.410 e. The second-order valence-electron chi connectivity index (χ2n) is 4.38. The minimum atomic E-state index is -0.966. The fourth-order valence-electron chi connectivity index (χ4n) is 1.80. The molecule has 0 N–H and O–H groups in total. The van der Waals surface area contributed by atoms with E-state index in [2.05, 4.69) is 0 Å². The van der Waals surface area contributed by atoms with E-state index in [4.69, 9.17) is 28.0 Å². The molecule has 0 saturated heterocycles. The van der Waals surface area contributed by atoms with Gasteiger partial charge in [-0.3, -0.25) is 0 Å². The second kappa shape index (κ2) is 4.68. The highest BCUT2D eigenvalue weighted by Gasteiger charge is 2.42. The van der Waals surface area contributed by atoms with Gasteiger partial charge in [0.1, 0.15) is 28.9 Å². The van der Waals surface area contributed by atoms with Crippen LogP contribution in [0.2, 0.25) is 0 Å². The van der Waals surface area contributed by atoms with Crippen LogP contribution in [-0.2, 0) is 4.84 Å². The van der Waals surface area contributed by atoms with Gasteiger partial charge in [0.2, 0.25) is 0 Å². The monoisotopic (exact) mass is 293 g/mol. The van der Waals surface area contributed by atoms with Crippen LogP contribution in [0.15, 0.2) is 29.5 Å². The summed E-state index contributed by atoms with van der Waals surface area (Å²) in [5.74, 6) is -1.38. The van der Waals surface area contributed by atoms with Gasteiger partial charge < -0.3 is 4.84 Å². The molecule has 1 aromatic carbocycles. The van der Waals surface area contributed by atoms with Gasteiger partial charge in [-0.25, -0.2) is 8.78 Å². The summed E-state index contributed by atoms with van der Waals surface area (Å²) in [7, 11) is 0. The van der Waals surface area contributed by atoms with Crippen LogP contribution in [0.3, 0.4) is 0 Å². The Kier molecular flexibility index (Phi) is 3.54. The van der Waals surface area contributed by atoms with Gasteiger partial charge in [-0.15, -0.1) is 5.06 Å². The van der Waals surface area contributed by atoms with Gasteiger partial charge in [0.15, 0.2) is 0 Å². The number of rotatable bonds is 2. The Morgan fingerprint density at radius 1 is 1.28 bits per heavy atom. The molecule has 2 rings (SSSR count). The molecule has 0 amide bonds. The molecule has 0 radical (unpaired) electrons. The van der Waals surface area contributed by atoms with Gasteiger partial charge in [0, 0.05) is 5.56 Å². The molecule has 1 heterocycles. The van der Waals surface area contributed by atoms with Crippen molar-refractivity contribution >= 4 is 23.2 Å². The van der Waals surface area contributed by atoms with E-state index < -0.39 is 22.7 Å². The molecule has 1 unspecified atom stereocenters. The molecular formula is C12H11Cl2F2NO. The van der Waals surface area contributed by atoms with Crippen molar-refractivity contribution in [2.45, 2.75) is 24.9 Å². The van der Waals surface area contributed by atoms with Crippen LogP contribution >= 0.6 is 23.2 Å². The fourth-order valence-corrected chi connectivity index (χ4v) is 2.18. The summed E-state index contributed by atoms with van der Waals surface area (Å²) in [6.07, 6.45) is 1.22.